The molecule has 0 spiro atoms. The van der Waals surface area contributed by atoms with E-state index in [2.05, 4.69) is 14.6 Å². The summed E-state index contributed by atoms with van der Waals surface area (Å²) in [5.41, 5.74) is 7.58. The molecular weight excluding hydrogens is 434 g/mol. The van der Waals surface area contributed by atoms with Crippen LogP contribution in [0.4, 0.5) is 13.2 Å². The Labute approximate surface area is 157 Å². The number of ether oxygens (including phenoxy) is 1. The molecule has 1 heterocycles. The van der Waals surface area contributed by atoms with Gasteiger partial charge in [0.1, 0.15) is 6.61 Å². The zero-order valence-corrected chi connectivity index (χ0v) is 15.7. The largest absolute Gasteiger partial charge is 0.411 e. The van der Waals surface area contributed by atoms with Crippen LogP contribution in [-0.4, -0.2) is 36.7 Å². The lowest BCUT2D eigenvalue weighted by atomic mass is 10.1. The van der Waals surface area contributed by atoms with E-state index in [1.54, 1.807) is 18.2 Å². The van der Waals surface area contributed by atoms with Gasteiger partial charge in [-0.2, -0.15) is 13.2 Å². The molecule has 0 amide bonds. The van der Waals surface area contributed by atoms with E-state index >= 15 is 0 Å². The van der Waals surface area contributed by atoms with E-state index in [0.717, 1.165) is 31.5 Å². The van der Waals surface area contributed by atoms with Crippen molar-refractivity contribution in [2.45, 2.75) is 38.6 Å². The fourth-order valence-corrected chi connectivity index (χ4v) is 2.50. The minimum Gasteiger partial charge on any atom is -0.370 e. The summed E-state index contributed by atoms with van der Waals surface area (Å²) in [6.07, 6.45) is -0.820. The highest BCUT2D eigenvalue weighted by molar-refractivity contribution is 14.0. The maximum atomic E-state index is 12.1. The van der Waals surface area contributed by atoms with Gasteiger partial charge in [-0.1, -0.05) is 24.3 Å². The van der Waals surface area contributed by atoms with Gasteiger partial charge < -0.3 is 15.4 Å². The van der Waals surface area contributed by atoms with Crippen LogP contribution in [0, 0.1) is 0 Å². The first-order valence-corrected chi connectivity index (χ1v) is 7.71. The van der Waals surface area contributed by atoms with Crippen molar-refractivity contribution in [2.75, 3.05) is 19.7 Å². The van der Waals surface area contributed by atoms with E-state index in [4.69, 9.17) is 5.73 Å². The fourth-order valence-electron chi connectivity index (χ4n) is 2.50. The Morgan fingerprint density at radius 3 is 2.50 bits per heavy atom. The fraction of sp³-hybridized carbons (Fsp3) is 0.562. The molecule has 0 atom stereocenters. The molecule has 1 aliphatic heterocycles. The summed E-state index contributed by atoms with van der Waals surface area (Å²) < 4.78 is 40.9. The summed E-state index contributed by atoms with van der Waals surface area (Å²) >= 11 is 0. The van der Waals surface area contributed by atoms with Gasteiger partial charge in [-0.25, -0.2) is 4.99 Å². The standard InChI is InChI=1S/C16H22F3N3O.HI/c17-16(18,19)12-23-11-14-6-4-5-13(9-14)10-21-15(20)22-7-2-1-3-8-22;/h4-6,9H,1-3,7-8,10-12H2,(H2,20,21);1H. The van der Waals surface area contributed by atoms with Gasteiger partial charge in [-0.15, -0.1) is 24.0 Å². The molecule has 1 fully saturated rings. The van der Waals surface area contributed by atoms with Crippen molar-refractivity contribution in [1.82, 2.24) is 4.90 Å². The van der Waals surface area contributed by atoms with Crippen molar-refractivity contribution >= 4 is 29.9 Å². The highest BCUT2D eigenvalue weighted by Crippen LogP contribution is 2.16. The summed E-state index contributed by atoms with van der Waals surface area (Å²) in [6.45, 7) is 0.965. The third-order valence-electron chi connectivity index (χ3n) is 3.63. The quantitative estimate of drug-likeness (QED) is 0.417. The minimum absolute atomic E-state index is 0. The SMILES string of the molecule is I.NC(=NCc1cccc(COCC(F)(F)F)c1)N1CCCCC1. The van der Waals surface area contributed by atoms with Crippen molar-refractivity contribution < 1.29 is 17.9 Å². The minimum atomic E-state index is -4.30. The van der Waals surface area contributed by atoms with Crippen molar-refractivity contribution in [3.63, 3.8) is 0 Å². The van der Waals surface area contributed by atoms with Gasteiger partial charge in [0, 0.05) is 13.1 Å². The van der Waals surface area contributed by atoms with Crippen LogP contribution < -0.4 is 5.73 Å². The molecule has 1 saturated heterocycles. The highest BCUT2D eigenvalue weighted by atomic mass is 127. The third kappa shape index (κ3) is 7.69. The normalized spacial score (nSPS) is 16.0. The molecule has 1 aromatic carbocycles. The van der Waals surface area contributed by atoms with Gasteiger partial charge >= 0.3 is 6.18 Å². The van der Waals surface area contributed by atoms with Crippen molar-refractivity contribution in [1.29, 1.82) is 0 Å². The smallest absolute Gasteiger partial charge is 0.370 e. The topological polar surface area (TPSA) is 50.9 Å². The lowest BCUT2D eigenvalue weighted by Gasteiger charge is -2.27. The van der Waals surface area contributed by atoms with Crippen LogP contribution in [0.15, 0.2) is 29.3 Å². The zero-order valence-electron chi connectivity index (χ0n) is 13.4. The number of benzene rings is 1. The molecule has 24 heavy (non-hydrogen) atoms. The van der Waals surface area contributed by atoms with Gasteiger partial charge in [0.15, 0.2) is 5.96 Å². The summed E-state index contributed by atoms with van der Waals surface area (Å²) in [6, 6.07) is 7.19. The third-order valence-corrected chi connectivity index (χ3v) is 3.63. The number of hydrogen-bond donors (Lipinski definition) is 1. The van der Waals surface area contributed by atoms with Crippen molar-refractivity contribution in [2.24, 2.45) is 10.7 Å². The average molecular weight is 457 g/mol. The van der Waals surface area contributed by atoms with Crippen LogP contribution >= 0.6 is 24.0 Å². The molecule has 1 aromatic rings. The molecule has 0 bridgehead atoms. The van der Waals surface area contributed by atoms with E-state index in [0.29, 0.717) is 18.1 Å². The first-order chi connectivity index (χ1) is 10.9. The second-order valence-corrected chi connectivity index (χ2v) is 5.65. The van der Waals surface area contributed by atoms with Crippen molar-refractivity contribution in [3.05, 3.63) is 35.4 Å². The number of rotatable bonds is 5. The molecule has 2 N–H and O–H groups in total. The van der Waals surface area contributed by atoms with E-state index in [1.807, 2.05) is 6.07 Å². The van der Waals surface area contributed by atoms with Gasteiger partial charge in [0.25, 0.3) is 0 Å². The number of guanidine groups is 1. The van der Waals surface area contributed by atoms with Crippen LogP contribution in [0.1, 0.15) is 30.4 Å². The van der Waals surface area contributed by atoms with E-state index in [-0.39, 0.29) is 30.6 Å². The number of hydrogen-bond acceptors (Lipinski definition) is 2. The number of halogens is 4. The molecule has 8 heteroatoms. The molecule has 1 aliphatic rings. The summed E-state index contributed by atoms with van der Waals surface area (Å²) in [4.78, 5) is 6.45. The van der Waals surface area contributed by atoms with Gasteiger partial charge in [0.05, 0.1) is 13.2 Å². The number of likely N-dealkylation sites (tertiary alicyclic amines) is 1. The summed E-state index contributed by atoms with van der Waals surface area (Å²) in [5, 5.41) is 0. The van der Waals surface area contributed by atoms with Crippen LogP contribution in [0.3, 0.4) is 0 Å². The Balaban J connectivity index is 0.00000288. The number of aliphatic imine (C=N–C) groups is 1. The molecule has 4 nitrogen and oxygen atoms in total. The Kier molecular flexibility index (Phi) is 8.82. The maximum absolute atomic E-state index is 12.1. The predicted molar refractivity (Wildman–Crippen MR) is 98.3 cm³/mol. The zero-order chi connectivity index (χ0) is 16.7. The summed E-state index contributed by atoms with van der Waals surface area (Å²) in [5.74, 6) is 0.531. The second kappa shape index (κ2) is 10.1. The molecule has 0 radical (unpaired) electrons. The monoisotopic (exact) mass is 457 g/mol. The number of alkyl halides is 3. The Bertz CT molecular complexity index is 532. The average Bonchev–Trinajstić information content (AvgIpc) is 2.53. The second-order valence-electron chi connectivity index (χ2n) is 5.65. The Hall–Kier alpha value is -1.03. The van der Waals surface area contributed by atoms with E-state index < -0.39 is 12.8 Å². The predicted octanol–water partition coefficient (Wildman–Crippen LogP) is 3.68. The maximum Gasteiger partial charge on any atom is 0.411 e. The molecular formula is C16H23F3IN3O. The first kappa shape index (κ1) is 21.0. The molecule has 2 rings (SSSR count). The molecule has 0 unspecified atom stereocenters. The van der Waals surface area contributed by atoms with Gasteiger partial charge in [-0.3, -0.25) is 0 Å². The Morgan fingerprint density at radius 1 is 1.17 bits per heavy atom. The molecule has 0 aliphatic carbocycles. The van der Waals surface area contributed by atoms with Crippen LogP contribution in [-0.2, 0) is 17.9 Å². The molecule has 136 valence electrons. The Morgan fingerprint density at radius 2 is 1.83 bits per heavy atom. The first-order valence-electron chi connectivity index (χ1n) is 7.71. The van der Waals surface area contributed by atoms with Gasteiger partial charge in [-0.05, 0) is 30.4 Å². The molecule has 0 aromatic heterocycles. The number of piperidine rings is 1. The lowest BCUT2D eigenvalue weighted by Crippen LogP contribution is -2.40. The van der Waals surface area contributed by atoms with Crippen molar-refractivity contribution in [3.8, 4) is 0 Å². The van der Waals surface area contributed by atoms with E-state index in [9.17, 15) is 13.2 Å². The van der Waals surface area contributed by atoms with E-state index in [1.165, 1.54) is 6.42 Å². The van der Waals surface area contributed by atoms with Crippen LogP contribution in [0.2, 0.25) is 0 Å². The highest BCUT2D eigenvalue weighted by Gasteiger charge is 2.27. The van der Waals surface area contributed by atoms with Crippen LogP contribution in [0.25, 0.3) is 0 Å². The van der Waals surface area contributed by atoms with Crippen LogP contribution in [0.5, 0.6) is 0 Å². The summed E-state index contributed by atoms with van der Waals surface area (Å²) in [7, 11) is 0. The molecule has 0 saturated carbocycles. The van der Waals surface area contributed by atoms with Gasteiger partial charge in [0.2, 0.25) is 0 Å². The number of nitrogens with zero attached hydrogens (tertiary/aromatic N) is 2. The number of nitrogens with two attached hydrogens (primary N) is 1. The lowest BCUT2D eigenvalue weighted by molar-refractivity contribution is -0.176.